The Morgan fingerprint density at radius 2 is 1.55 bits per heavy atom. The first-order valence-corrected chi connectivity index (χ1v) is 9.75. The number of benzene rings is 2. The lowest BCUT2D eigenvalue weighted by molar-refractivity contribution is 0.278. The minimum atomic E-state index is -1.59. The van der Waals surface area contributed by atoms with E-state index in [4.69, 9.17) is 4.74 Å². The van der Waals surface area contributed by atoms with Crippen molar-refractivity contribution in [2.45, 2.75) is 51.0 Å². The second-order valence-electron chi connectivity index (χ2n) is 7.53. The highest BCUT2D eigenvalue weighted by Crippen LogP contribution is 2.40. The van der Waals surface area contributed by atoms with E-state index in [1.807, 2.05) is 6.08 Å². The molecular formula is C23H23F5O. The number of rotatable bonds is 7. The van der Waals surface area contributed by atoms with Crippen molar-refractivity contribution in [2.24, 2.45) is 5.92 Å². The van der Waals surface area contributed by atoms with E-state index in [-0.39, 0.29) is 17.2 Å². The Morgan fingerprint density at radius 3 is 2.17 bits per heavy atom. The highest BCUT2D eigenvalue weighted by atomic mass is 19.2. The first kappa shape index (κ1) is 21.3. The molecule has 1 nitrogen and oxygen atoms in total. The molecule has 0 bridgehead atoms. The lowest BCUT2D eigenvalue weighted by atomic mass is 9.77. The fourth-order valence-electron chi connectivity index (χ4n) is 3.94. The maximum atomic E-state index is 14.6. The van der Waals surface area contributed by atoms with Crippen molar-refractivity contribution in [2.75, 3.05) is 0 Å². The molecule has 0 heterocycles. The van der Waals surface area contributed by atoms with Gasteiger partial charge in [0.1, 0.15) is 6.61 Å². The number of hydrogen-bond donors (Lipinski definition) is 0. The first-order valence-electron chi connectivity index (χ1n) is 9.75. The van der Waals surface area contributed by atoms with Crippen LogP contribution in [0.3, 0.4) is 0 Å². The zero-order chi connectivity index (χ0) is 21.0. The third-order valence-corrected chi connectivity index (χ3v) is 5.58. The van der Waals surface area contributed by atoms with Gasteiger partial charge in [-0.3, -0.25) is 0 Å². The number of halogens is 5. The topological polar surface area (TPSA) is 9.23 Å². The van der Waals surface area contributed by atoms with Gasteiger partial charge in [0.2, 0.25) is 5.82 Å². The Labute approximate surface area is 167 Å². The molecule has 2 aromatic rings. The van der Waals surface area contributed by atoms with E-state index >= 15 is 0 Å². The van der Waals surface area contributed by atoms with Crippen LogP contribution in [-0.4, -0.2) is 0 Å². The molecule has 1 fully saturated rings. The Kier molecular flexibility index (Phi) is 6.93. The van der Waals surface area contributed by atoms with Crippen LogP contribution in [0.2, 0.25) is 0 Å². The summed E-state index contributed by atoms with van der Waals surface area (Å²) in [5.41, 5.74) is 0.305. The molecule has 0 spiro atoms. The minimum Gasteiger partial charge on any atom is -0.486 e. The minimum absolute atomic E-state index is 0.0249. The molecule has 0 N–H and O–H groups in total. The van der Waals surface area contributed by atoms with Crippen molar-refractivity contribution in [3.05, 3.63) is 77.1 Å². The van der Waals surface area contributed by atoms with Crippen molar-refractivity contribution in [3.63, 3.8) is 0 Å². The predicted molar refractivity (Wildman–Crippen MR) is 101 cm³/mol. The average molecular weight is 410 g/mol. The second kappa shape index (κ2) is 9.42. The van der Waals surface area contributed by atoms with Gasteiger partial charge >= 0.3 is 0 Å². The summed E-state index contributed by atoms with van der Waals surface area (Å²) in [4.78, 5) is 0. The first-order chi connectivity index (χ1) is 13.9. The number of allylic oxidation sites excluding steroid dienone is 1. The normalized spacial score (nSPS) is 19.2. The third-order valence-electron chi connectivity index (χ3n) is 5.58. The summed E-state index contributed by atoms with van der Waals surface area (Å²) in [6.07, 6.45) is 7.48. The highest BCUT2D eigenvalue weighted by molar-refractivity contribution is 5.33. The van der Waals surface area contributed by atoms with Crippen molar-refractivity contribution in [1.82, 2.24) is 0 Å². The molecule has 0 amide bonds. The smallest absolute Gasteiger partial charge is 0.200 e. The van der Waals surface area contributed by atoms with Crippen molar-refractivity contribution in [1.29, 1.82) is 0 Å². The standard InChI is InChI=1S/C23H23F5O/c1-2-3-4-14-5-7-16(8-6-14)17-9-10-20(23(28)21(17)26)29-13-15-11-18(24)22(27)19(25)12-15/h2,9-12,14,16H,1,3-8,13H2. The van der Waals surface area contributed by atoms with Gasteiger partial charge in [-0.05, 0) is 79.7 Å². The van der Waals surface area contributed by atoms with E-state index in [2.05, 4.69) is 6.58 Å². The monoisotopic (exact) mass is 410 g/mol. The molecule has 3 rings (SSSR count). The van der Waals surface area contributed by atoms with Crippen LogP contribution in [0.25, 0.3) is 0 Å². The Hall–Kier alpha value is -2.37. The maximum Gasteiger partial charge on any atom is 0.200 e. The van der Waals surface area contributed by atoms with Gasteiger partial charge in [0.15, 0.2) is 29.0 Å². The predicted octanol–water partition coefficient (Wildman–Crippen LogP) is 7.20. The summed E-state index contributed by atoms with van der Waals surface area (Å²) in [5.74, 6) is -6.20. The molecule has 1 aliphatic rings. The third kappa shape index (κ3) is 4.98. The van der Waals surface area contributed by atoms with Gasteiger partial charge < -0.3 is 4.74 Å². The number of ether oxygens (including phenoxy) is 1. The van der Waals surface area contributed by atoms with Crippen molar-refractivity contribution < 1.29 is 26.7 Å². The number of hydrogen-bond acceptors (Lipinski definition) is 1. The Bertz CT molecular complexity index is 849. The molecule has 0 radical (unpaired) electrons. The average Bonchev–Trinajstić information content (AvgIpc) is 2.72. The van der Waals surface area contributed by atoms with E-state index in [1.54, 1.807) is 0 Å². The second-order valence-corrected chi connectivity index (χ2v) is 7.53. The van der Waals surface area contributed by atoms with Crippen LogP contribution in [0.15, 0.2) is 36.9 Å². The van der Waals surface area contributed by atoms with E-state index in [1.165, 1.54) is 12.1 Å². The van der Waals surface area contributed by atoms with Crippen molar-refractivity contribution in [3.8, 4) is 5.75 Å². The van der Waals surface area contributed by atoms with Crippen LogP contribution in [0.5, 0.6) is 5.75 Å². The van der Waals surface area contributed by atoms with E-state index < -0.39 is 35.7 Å². The van der Waals surface area contributed by atoms with E-state index in [9.17, 15) is 22.0 Å². The highest BCUT2D eigenvalue weighted by Gasteiger charge is 2.26. The molecule has 0 aromatic heterocycles. The molecule has 0 atom stereocenters. The van der Waals surface area contributed by atoms with Gasteiger partial charge in [-0.1, -0.05) is 12.1 Å². The van der Waals surface area contributed by atoms with Gasteiger partial charge in [-0.2, -0.15) is 4.39 Å². The molecule has 6 heteroatoms. The molecule has 0 aliphatic heterocycles. The maximum absolute atomic E-state index is 14.6. The van der Waals surface area contributed by atoms with Gasteiger partial charge in [-0.15, -0.1) is 6.58 Å². The van der Waals surface area contributed by atoms with E-state index in [0.717, 1.165) is 50.7 Å². The van der Waals surface area contributed by atoms with Crippen LogP contribution < -0.4 is 4.74 Å². The van der Waals surface area contributed by atoms with Gasteiger partial charge in [0, 0.05) is 0 Å². The summed E-state index contributed by atoms with van der Waals surface area (Å²) in [7, 11) is 0. The largest absolute Gasteiger partial charge is 0.486 e. The molecule has 1 aliphatic carbocycles. The molecule has 1 saturated carbocycles. The van der Waals surface area contributed by atoms with Gasteiger partial charge in [0.25, 0.3) is 0 Å². The van der Waals surface area contributed by atoms with Gasteiger partial charge in [0.05, 0.1) is 0 Å². The fourth-order valence-corrected chi connectivity index (χ4v) is 3.94. The zero-order valence-electron chi connectivity index (χ0n) is 16.0. The zero-order valence-corrected chi connectivity index (χ0v) is 16.0. The molecule has 0 unspecified atom stereocenters. The quantitative estimate of drug-likeness (QED) is 0.266. The van der Waals surface area contributed by atoms with Crippen LogP contribution in [0.1, 0.15) is 55.6 Å². The summed E-state index contributed by atoms with van der Waals surface area (Å²) in [6.45, 7) is 3.31. The van der Waals surface area contributed by atoms with Crippen molar-refractivity contribution >= 4 is 0 Å². The fraction of sp³-hybridized carbons (Fsp3) is 0.391. The van der Waals surface area contributed by atoms with Gasteiger partial charge in [-0.25, -0.2) is 17.6 Å². The molecule has 156 valence electrons. The molecular weight excluding hydrogens is 387 g/mol. The van der Waals surface area contributed by atoms with Crippen LogP contribution >= 0.6 is 0 Å². The SMILES string of the molecule is C=CCCC1CCC(c2ccc(OCc3cc(F)c(F)c(F)c3)c(F)c2F)CC1. The van der Waals surface area contributed by atoms with Crippen LogP contribution in [0.4, 0.5) is 22.0 Å². The lowest BCUT2D eigenvalue weighted by Gasteiger charge is -2.29. The molecule has 2 aromatic carbocycles. The summed E-state index contributed by atoms with van der Waals surface area (Å²) in [5, 5.41) is 0. The molecule has 29 heavy (non-hydrogen) atoms. The molecule has 0 saturated heterocycles. The summed E-state index contributed by atoms with van der Waals surface area (Å²) in [6, 6.07) is 4.35. The van der Waals surface area contributed by atoms with E-state index in [0.29, 0.717) is 11.5 Å². The Balaban J connectivity index is 1.66. The van der Waals surface area contributed by atoms with Crippen LogP contribution in [0, 0.1) is 35.0 Å². The summed E-state index contributed by atoms with van der Waals surface area (Å²) >= 11 is 0. The van der Waals surface area contributed by atoms with Crippen LogP contribution in [-0.2, 0) is 6.61 Å². The lowest BCUT2D eigenvalue weighted by Crippen LogP contribution is -2.15. The summed E-state index contributed by atoms with van der Waals surface area (Å²) < 4.78 is 73.8. The Morgan fingerprint density at radius 1 is 0.897 bits per heavy atom.